The number of hydrogen-bond acceptors (Lipinski definition) is 5. The van der Waals surface area contributed by atoms with Crippen molar-refractivity contribution >= 4 is 45.5 Å². The highest BCUT2D eigenvalue weighted by atomic mass is 32.1. The summed E-state index contributed by atoms with van der Waals surface area (Å²) in [4.78, 5) is 16.8. The van der Waals surface area contributed by atoms with Crippen molar-refractivity contribution in [1.82, 2.24) is 4.98 Å². The Balaban J connectivity index is 1.89. The molecule has 5 nitrogen and oxygen atoms in total. The van der Waals surface area contributed by atoms with Crippen LogP contribution in [0, 0.1) is 6.92 Å². The highest BCUT2D eigenvalue weighted by Gasteiger charge is 2.22. The fraction of sp³-hybridized carbons (Fsp3) is 0.150. The van der Waals surface area contributed by atoms with Gasteiger partial charge in [-0.05, 0) is 43.8 Å². The minimum absolute atomic E-state index is 0.304. The van der Waals surface area contributed by atoms with Crippen LogP contribution in [0.15, 0.2) is 54.0 Å². The Morgan fingerprint density at radius 2 is 1.96 bits per heavy atom. The first-order valence-electron chi connectivity index (χ1n) is 8.43. The fourth-order valence-corrected chi connectivity index (χ4v) is 3.72. The molecular weight excluding hydrogens is 378 g/mol. The number of ether oxygens (including phenoxy) is 1. The van der Waals surface area contributed by atoms with E-state index in [1.807, 2.05) is 54.8 Å². The molecule has 2 aromatic heterocycles. The van der Waals surface area contributed by atoms with Crippen molar-refractivity contribution in [2.45, 2.75) is 13.8 Å². The van der Waals surface area contributed by atoms with E-state index in [9.17, 15) is 4.79 Å². The molecule has 1 aromatic carbocycles. The second kappa shape index (κ2) is 8.75. The first-order chi connectivity index (χ1) is 13.1. The number of carbonyl (C=O) groups excluding carboxylic acids is 1. The Bertz CT molecular complexity index is 938. The summed E-state index contributed by atoms with van der Waals surface area (Å²) in [5.74, 6) is 0.250. The molecule has 0 fully saturated rings. The molecule has 3 aromatic rings. The molecule has 0 unspecified atom stereocenters. The first kappa shape index (κ1) is 19.0. The van der Waals surface area contributed by atoms with Gasteiger partial charge in [-0.2, -0.15) is 0 Å². The molecule has 0 saturated carbocycles. The second-order valence-electron chi connectivity index (χ2n) is 5.73. The number of aryl methyl sites for hydroxylation is 1. The molecule has 0 amide bonds. The molecular formula is C20H19N3O2S2. The van der Waals surface area contributed by atoms with Crippen molar-refractivity contribution in [3.05, 3.63) is 65.2 Å². The van der Waals surface area contributed by atoms with Crippen molar-refractivity contribution in [2.24, 2.45) is 0 Å². The van der Waals surface area contributed by atoms with Gasteiger partial charge in [0.25, 0.3) is 0 Å². The lowest BCUT2D eigenvalue weighted by molar-refractivity contribution is 0.0529. The summed E-state index contributed by atoms with van der Waals surface area (Å²) in [6.07, 6.45) is 1.68. The van der Waals surface area contributed by atoms with Crippen LogP contribution in [-0.4, -0.2) is 22.7 Å². The maximum Gasteiger partial charge on any atom is 0.341 e. The lowest BCUT2D eigenvalue weighted by atomic mass is 10.0. The summed E-state index contributed by atoms with van der Waals surface area (Å²) in [6, 6.07) is 13.5. The third-order valence-electron chi connectivity index (χ3n) is 3.77. The van der Waals surface area contributed by atoms with E-state index >= 15 is 0 Å². The van der Waals surface area contributed by atoms with Gasteiger partial charge in [-0.25, -0.2) is 9.78 Å². The van der Waals surface area contributed by atoms with E-state index < -0.39 is 0 Å². The molecule has 3 rings (SSSR count). The summed E-state index contributed by atoms with van der Waals surface area (Å²) in [7, 11) is 0. The highest BCUT2D eigenvalue weighted by Crippen LogP contribution is 2.36. The second-order valence-corrected chi connectivity index (χ2v) is 7.02. The van der Waals surface area contributed by atoms with E-state index in [-0.39, 0.29) is 5.97 Å². The van der Waals surface area contributed by atoms with Crippen LogP contribution in [0.3, 0.4) is 0 Å². The highest BCUT2D eigenvalue weighted by molar-refractivity contribution is 7.80. The van der Waals surface area contributed by atoms with Gasteiger partial charge in [-0.3, -0.25) is 0 Å². The molecule has 0 radical (unpaired) electrons. The quantitative estimate of drug-likeness (QED) is 0.461. The molecule has 138 valence electrons. The summed E-state index contributed by atoms with van der Waals surface area (Å²) < 4.78 is 5.26. The third kappa shape index (κ3) is 4.69. The maximum absolute atomic E-state index is 12.6. The Labute approximate surface area is 167 Å². The molecule has 0 aliphatic carbocycles. The molecule has 0 spiro atoms. The molecule has 0 bridgehead atoms. The number of thiophene rings is 1. The summed E-state index contributed by atoms with van der Waals surface area (Å²) >= 11 is 6.77. The predicted octanol–water partition coefficient (Wildman–Crippen LogP) is 5.10. The Kier molecular flexibility index (Phi) is 6.16. The van der Waals surface area contributed by atoms with Crippen molar-refractivity contribution in [2.75, 3.05) is 17.2 Å². The SMILES string of the molecule is CCOC(=O)c1c(-c2ccc(C)cc2)csc1NC(=S)Nc1ccccn1. The molecule has 0 aliphatic rings. The van der Waals surface area contributed by atoms with Gasteiger partial charge in [0.1, 0.15) is 16.4 Å². The van der Waals surface area contributed by atoms with Crippen LogP contribution in [0.2, 0.25) is 0 Å². The molecule has 7 heteroatoms. The molecule has 0 saturated heterocycles. The summed E-state index contributed by atoms with van der Waals surface area (Å²) in [5.41, 5.74) is 3.42. The van der Waals surface area contributed by atoms with Crippen molar-refractivity contribution < 1.29 is 9.53 Å². The predicted molar refractivity (Wildman–Crippen MR) is 115 cm³/mol. The van der Waals surface area contributed by atoms with E-state index in [4.69, 9.17) is 17.0 Å². The van der Waals surface area contributed by atoms with Gasteiger partial charge in [0.15, 0.2) is 5.11 Å². The number of thiocarbonyl (C=S) groups is 1. The van der Waals surface area contributed by atoms with Crippen LogP contribution in [0.5, 0.6) is 0 Å². The first-order valence-corrected chi connectivity index (χ1v) is 9.72. The normalized spacial score (nSPS) is 10.3. The Hall–Kier alpha value is -2.77. The lowest BCUT2D eigenvalue weighted by Gasteiger charge is -2.11. The van der Waals surface area contributed by atoms with E-state index in [2.05, 4.69) is 15.6 Å². The van der Waals surface area contributed by atoms with E-state index in [1.54, 1.807) is 13.1 Å². The number of carbonyl (C=O) groups is 1. The average Bonchev–Trinajstić information content (AvgIpc) is 3.06. The number of nitrogens with one attached hydrogen (secondary N) is 2. The number of pyridine rings is 1. The third-order valence-corrected chi connectivity index (χ3v) is 4.87. The van der Waals surface area contributed by atoms with Gasteiger partial charge in [-0.1, -0.05) is 35.9 Å². The number of rotatable bonds is 5. The fourth-order valence-electron chi connectivity index (χ4n) is 2.49. The topological polar surface area (TPSA) is 63.2 Å². The molecule has 0 aliphatic heterocycles. The van der Waals surface area contributed by atoms with Crippen molar-refractivity contribution in [1.29, 1.82) is 0 Å². The van der Waals surface area contributed by atoms with Gasteiger partial charge >= 0.3 is 5.97 Å². The smallest absolute Gasteiger partial charge is 0.341 e. The standard InChI is InChI=1S/C20H19N3O2S2/c1-3-25-19(24)17-15(14-9-7-13(2)8-10-14)12-27-18(17)23-20(26)22-16-6-4-5-11-21-16/h4-12H,3H2,1-2H3,(H2,21,22,23,26). The minimum atomic E-state index is -0.377. The van der Waals surface area contributed by atoms with Gasteiger partial charge in [-0.15, -0.1) is 11.3 Å². The number of hydrogen-bond donors (Lipinski definition) is 2. The Morgan fingerprint density at radius 1 is 1.19 bits per heavy atom. The number of benzene rings is 1. The molecule has 2 N–H and O–H groups in total. The van der Waals surface area contributed by atoms with E-state index in [1.165, 1.54) is 11.3 Å². The zero-order valence-electron chi connectivity index (χ0n) is 15.0. The zero-order chi connectivity index (χ0) is 19.2. The van der Waals surface area contributed by atoms with Crippen LogP contribution in [-0.2, 0) is 4.74 Å². The number of esters is 1. The average molecular weight is 398 g/mol. The van der Waals surface area contributed by atoms with Crippen molar-refractivity contribution in [3.8, 4) is 11.1 Å². The Morgan fingerprint density at radius 3 is 2.63 bits per heavy atom. The largest absolute Gasteiger partial charge is 0.462 e. The van der Waals surface area contributed by atoms with Crippen LogP contribution in [0.25, 0.3) is 11.1 Å². The molecule has 0 atom stereocenters. The minimum Gasteiger partial charge on any atom is -0.462 e. The lowest BCUT2D eigenvalue weighted by Crippen LogP contribution is -2.20. The number of nitrogens with zero attached hydrogens (tertiary/aromatic N) is 1. The molecule has 27 heavy (non-hydrogen) atoms. The van der Waals surface area contributed by atoms with Gasteiger partial charge in [0.05, 0.1) is 6.61 Å². The van der Waals surface area contributed by atoms with Crippen LogP contribution in [0.1, 0.15) is 22.8 Å². The van der Waals surface area contributed by atoms with Crippen molar-refractivity contribution in [3.63, 3.8) is 0 Å². The molecule has 2 heterocycles. The number of anilines is 2. The van der Waals surface area contributed by atoms with Crippen LogP contribution < -0.4 is 10.6 Å². The van der Waals surface area contributed by atoms with E-state index in [0.717, 1.165) is 16.7 Å². The summed E-state index contributed by atoms with van der Waals surface area (Å²) in [6.45, 7) is 4.12. The monoisotopic (exact) mass is 397 g/mol. The zero-order valence-corrected chi connectivity index (χ0v) is 16.6. The van der Waals surface area contributed by atoms with E-state index in [0.29, 0.717) is 28.1 Å². The van der Waals surface area contributed by atoms with Gasteiger partial charge in [0, 0.05) is 17.1 Å². The summed E-state index contributed by atoms with van der Waals surface area (Å²) in [5, 5.41) is 9.03. The van der Waals surface area contributed by atoms with Gasteiger partial charge < -0.3 is 15.4 Å². The maximum atomic E-state index is 12.6. The van der Waals surface area contributed by atoms with Crippen LogP contribution >= 0.6 is 23.6 Å². The van der Waals surface area contributed by atoms with Crippen LogP contribution in [0.4, 0.5) is 10.8 Å². The number of aromatic nitrogens is 1. The van der Waals surface area contributed by atoms with Gasteiger partial charge in [0.2, 0.25) is 0 Å².